The molecule has 0 aliphatic rings. The van der Waals surface area contributed by atoms with Crippen LogP contribution in [0.5, 0.6) is 0 Å². The van der Waals surface area contributed by atoms with Crippen LogP contribution < -0.4 is 0 Å². The van der Waals surface area contributed by atoms with Crippen LogP contribution in [-0.4, -0.2) is 12.6 Å². The summed E-state index contributed by atoms with van der Waals surface area (Å²) in [4.78, 5) is 11.6. The van der Waals surface area contributed by atoms with E-state index in [-0.39, 0.29) is 5.97 Å². The first-order chi connectivity index (χ1) is 11.0. The van der Waals surface area contributed by atoms with Crippen molar-refractivity contribution in [2.24, 2.45) is 11.8 Å². The van der Waals surface area contributed by atoms with E-state index < -0.39 is 0 Å². The van der Waals surface area contributed by atoms with Crippen molar-refractivity contribution in [1.82, 2.24) is 0 Å². The summed E-state index contributed by atoms with van der Waals surface area (Å²) in [7, 11) is 0. The van der Waals surface area contributed by atoms with Crippen LogP contribution in [0.4, 0.5) is 0 Å². The van der Waals surface area contributed by atoms with Gasteiger partial charge in [0.05, 0.1) is 6.61 Å². The van der Waals surface area contributed by atoms with Gasteiger partial charge in [-0.3, -0.25) is 4.79 Å². The van der Waals surface area contributed by atoms with Gasteiger partial charge < -0.3 is 4.74 Å². The van der Waals surface area contributed by atoms with Crippen LogP contribution in [0.15, 0.2) is 0 Å². The van der Waals surface area contributed by atoms with E-state index in [4.69, 9.17) is 4.74 Å². The Morgan fingerprint density at radius 2 is 1.09 bits per heavy atom. The molecule has 0 amide bonds. The van der Waals surface area contributed by atoms with Gasteiger partial charge in [-0.2, -0.15) is 0 Å². The van der Waals surface area contributed by atoms with Crippen LogP contribution >= 0.6 is 0 Å². The summed E-state index contributed by atoms with van der Waals surface area (Å²) >= 11 is 0. The van der Waals surface area contributed by atoms with Gasteiger partial charge in [0.2, 0.25) is 0 Å². The lowest BCUT2D eigenvalue weighted by Gasteiger charge is -2.06. The van der Waals surface area contributed by atoms with Gasteiger partial charge in [-0.15, -0.1) is 0 Å². The van der Waals surface area contributed by atoms with E-state index in [1.807, 2.05) is 0 Å². The van der Waals surface area contributed by atoms with E-state index in [0.717, 1.165) is 24.7 Å². The number of carbonyl (C=O) groups excluding carboxylic acids is 1. The molecule has 0 atom stereocenters. The normalized spacial score (nSPS) is 11.4. The van der Waals surface area contributed by atoms with E-state index in [1.165, 1.54) is 64.2 Å². The number of esters is 1. The second-order valence-corrected chi connectivity index (χ2v) is 7.87. The summed E-state index contributed by atoms with van der Waals surface area (Å²) in [6.07, 6.45) is 15.6. The molecule has 0 rings (SSSR count). The van der Waals surface area contributed by atoms with E-state index in [1.54, 1.807) is 0 Å². The zero-order valence-corrected chi connectivity index (χ0v) is 16.4. The van der Waals surface area contributed by atoms with Gasteiger partial charge >= 0.3 is 5.97 Å². The summed E-state index contributed by atoms with van der Waals surface area (Å²) < 4.78 is 5.29. The highest BCUT2D eigenvalue weighted by Crippen LogP contribution is 2.13. The van der Waals surface area contributed by atoms with Gasteiger partial charge in [0.1, 0.15) is 0 Å². The predicted molar refractivity (Wildman–Crippen MR) is 101 cm³/mol. The zero-order valence-electron chi connectivity index (χ0n) is 16.4. The molecule has 0 spiro atoms. The molecule has 0 aromatic rings. The lowest BCUT2D eigenvalue weighted by molar-refractivity contribution is -0.143. The summed E-state index contributed by atoms with van der Waals surface area (Å²) in [5.74, 6) is 1.63. The molecule has 0 aliphatic heterocycles. The minimum absolute atomic E-state index is 0.00536. The fourth-order valence-electron chi connectivity index (χ4n) is 2.80. The van der Waals surface area contributed by atoms with Gasteiger partial charge in [-0.05, 0) is 24.7 Å². The molecule has 0 fully saturated rings. The topological polar surface area (TPSA) is 26.3 Å². The SMILES string of the molecule is CC(C)CCCCCCCCCC(=O)OCCCCCC(C)C. The van der Waals surface area contributed by atoms with Gasteiger partial charge in [0, 0.05) is 6.42 Å². The molecule has 0 N–H and O–H groups in total. The van der Waals surface area contributed by atoms with Crippen LogP contribution in [0.2, 0.25) is 0 Å². The molecule has 0 saturated carbocycles. The molecule has 0 saturated heterocycles. The standard InChI is InChI=1S/C21H42O2/c1-19(2)15-11-8-6-5-7-9-13-17-21(22)23-18-14-10-12-16-20(3)4/h19-20H,5-18H2,1-4H3. The molecule has 2 heteroatoms. The van der Waals surface area contributed by atoms with Crippen molar-refractivity contribution >= 4 is 5.97 Å². The smallest absolute Gasteiger partial charge is 0.305 e. The number of unbranched alkanes of at least 4 members (excludes halogenated alkanes) is 8. The van der Waals surface area contributed by atoms with Crippen molar-refractivity contribution in [3.8, 4) is 0 Å². The average molecular weight is 327 g/mol. The van der Waals surface area contributed by atoms with E-state index in [9.17, 15) is 4.79 Å². The van der Waals surface area contributed by atoms with Crippen molar-refractivity contribution in [2.75, 3.05) is 6.61 Å². The number of ether oxygens (including phenoxy) is 1. The summed E-state index contributed by atoms with van der Waals surface area (Å²) in [5.41, 5.74) is 0. The van der Waals surface area contributed by atoms with Crippen LogP contribution in [-0.2, 0) is 9.53 Å². The van der Waals surface area contributed by atoms with Crippen LogP contribution in [0.25, 0.3) is 0 Å². The number of carbonyl (C=O) groups is 1. The van der Waals surface area contributed by atoms with Crippen molar-refractivity contribution < 1.29 is 9.53 Å². The Morgan fingerprint density at radius 3 is 1.61 bits per heavy atom. The number of hydrogen-bond donors (Lipinski definition) is 0. The van der Waals surface area contributed by atoms with Crippen LogP contribution in [0, 0.1) is 11.8 Å². The second kappa shape index (κ2) is 16.3. The highest BCUT2D eigenvalue weighted by Gasteiger charge is 2.03. The highest BCUT2D eigenvalue weighted by atomic mass is 16.5. The second-order valence-electron chi connectivity index (χ2n) is 7.87. The lowest BCUT2D eigenvalue weighted by atomic mass is 10.0. The molecule has 0 unspecified atom stereocenters. The molecule has 0 aromatic carbocycles. The maximum Gasteiger partial charge on any atom is 0.305 e. The third-order valence-electron chi connectivity index (χ3n) is 4.35. The quantitative estimate of drug-likeness (QED) is 0.227. The van der Waals surface area contributed by atoms with Crippen molar-refractivity contribution in [2.45, 2.75) is 111 Å². The first-order valence-electron chi connectivity index (χ1n) is 10.2. The fourth-order valence-corrected chi connectivity index (χ4v) is 2.80. The summed E-state index contributed by atoms with van der Waals surface area (Å²) in [6, 6.07) is 0. The highest BCUT2D eigenvalue weighted by molar-refractivity contribution is 5.69. The van der Waals surface area contributed by atoms with Crippen molar-refractivity contribution in [3.05, 3.63) is 0 Å². The molecule has 23 heavy (non-hydrogen) atoms. The van der Waals surface area contributed by atoms with E-state index in [2.05, 4.69) is 27.7 Å². The maximum absolute atomic E-state index is 11.6. The molecular weight excluding hydrogens is 284 g/mol. The Morgan fingerprint density at radius 1 is 0.652 bits per heavy atom. The Balaban J connectivity index is 3.18. The first kappa shape index (κ1) is 22.5. The monoisotopic (exact) mass is 326 g/mol. The Labute approximate surface area is 145 Å². The van der Waals surface area contributed by atoms with Gasteiger partial charge in [-0.25, -0.2) is 0 Å². The molecule has 0 aromatic heterocycles. The third-order valence-corrected chi connectivity index (χ3v) is 4.35. The lowest BCUT2D eigenvalue weighted by Crippen LogP contribution is -2.05. The fraction of sp³-hybridized carbons (Fsp3) is 0.952. The molecular formula is C21H42O2. The van der Waals surface area contributed by atoms with Gasteiger partial charge in [0.25, 0.3) is 0 Å². The largest absolute Gasteiger partial charge is 0.466 e. The minimum Gasteiger partial charge on any atom is -0.466 e. The Hall–Kier alpha value is -0.530. The molecule has 138 valence electrons. The molecule has 0 aliphatic carbocycles. The average Bonchev–Trinajstić information content (AvgIpc) is 2.48. The molecule has 0 bridgehead atoms. The summed E-state index contributed by atoms with van der Waals surface area (Å²) in [6.45, 7) is 9.72. The first-order valence-corrected chi connectivity index (χ1v) is 10.2. The number of rotatable bonds is 16. The van der Waals surface area contributed by atoms with Gasteiger partial charge in [0.15, 0.2) is 0 Å². The Bertz CT molecular complexity index is 259. The predicted octanol–water partition coefficient (Wildman–Crippen LogP) is 6.91. The Kier molecular flexibility index (Phi) is 16.0. The molecule has 2 nitrogen and oxygen atoms in total. The maximum atomic E-state index is 11.6. The van der Waals surface area contributed by atoms with E-state index >= 15 is 0 Å². The molecule has 0 radical (unpaired) electrons. The van der Waals surface area contributed by atoms with Crippen molar-refractivity contribution in [3.63, 3.8) is 0 Å². The minimum atomic E-state index is 0.00536. The molecule has 0 heterocycles. The van der Waals surface area contributed by atoms with Crippen molar-refractivity contribution in [1.29, 1.82) is 0 Å². The summed E-state index contributed by atoms with van der Waals surface area (Å²) in [5, 5.41) is 0. The number of hydrogen-bond acceptors (Lipinski definition) is 2. The van der Waals surface area contributed by atoms with Crippen LogP contribution in [0.1, 0.15) is 111 Å². The van der Waals surface area contributed by atoms with E-state index in [0.29, 0.717) is 13.0 Å². The zero-order chi connectivity index (χ0) is 17.3. The van der Waals surface area contributed by atoms with Crippen LogP contribution in [0.3, 0.4) is 0 Å². The third kappa shape index (κ3) is 19.4. The van der Waals surface area contributed by atoms with Gasteiger partial charge in [-0.1, -0.05) is 91.9 Å².